The molecule has 1 atom stereocenters. The van der Waals surface area contributed by atoms with Crippen LogP contribution in [-0.4, -0.2) is 38.9 Å². The van der Waals surface area contributed by atoms with Gasteiger partial charge in [-0.3, -0.25) is 9.59 Å². The highest BCUT2D eigenvalue weighted by Gasteiger charge is 2.24. The molecule has 32 heavy (non-hydrogen) atoms. The summed E-state index contributed by atoms with van der Waals surface area (Å²) in [6.45, 7) is 5.29. The van der Waals surface area contributed by atoms with Crippen molar-refractivity contribution < 1.29 is 9.59 Å². The Morgan fingerprint density at radius 3 is 2.62 bits per heavy atom. The normalized spacial score (nSPS) is 14.0. The van der Waals surface area contributed by atoms with Crippen molar-refractivity contribution in [2.24, 2.45) is 0 Å². The molecule has 0 saturated heterocycles. The van der Waals surface area contributed by atoms with Crippen molar-refractivity contribution in [3.8, 4) is 0 Å². The molecule has 0 unspecified atom stereocenters. The lowest BCUT2D eigenvalue weighted by atomic mass is 10.0. The van der Waals surface area contributed by atoms with Gasteiger partial charge < -0.3 is 14.8 Å². The maximum absolute atomic E-state index is 13.0. The van der Waals surface area contributed by atoms with Crippen molar-refractivity contribution in [2.75, 3.05) is 17.2 Å². The lowest BCUT2D eigenvalue weighted by molar-refractivity contribution is -0.116. The van der Waals surface area contributed by atoms with Crippen molar-refractivity contribution in [3.05, 3.63) is 71.5 Å². The molecule has 0 fully saturated rings. The number of aromatic nitrogens is 3. The summed E-state index contributed by atoms with van der Waals surface area (Å²) in [6, 6.07) is 16.9. The molecule has 1 aromatic heterocycles. The number of hydrogen-bond donors (Lipinski definition) is 1. The van der Waals surface area contributed by atoms with E-state index in [1.807, 2.05) is 59.7 Å². The summed E-state index contributed by atoms with van der Waals surface area (Å²) in [4.78, 5) is 27.3. The number of amides is 2. The van der Waals surface area contributed by atoms with Crippen LogP contribution in [0, 0.1) is 0 Å². The summed E-state index contributed by atoms with van der Waals surface area (Å²) >= 11 is 1.39. The van der Waals surface area contributed by atoms with Gasteiger partial charge in [0, 0.05) is 24.3 Å². The minimum Gasteiger partial charge on any atom is -0.342 e. The fraction of sp³-hybridized carbons (Fsp3) is 0.333. The number of para-hydroxylation sites is 1. The number of fused-ring (bicyclic) bond motifs is 1. The van der Waals surface area contributed by atoms with Crippen LogP contribution in [-0.2, 0) is 17.8 Å². The van der Waals surface area contributed by atoms with Crippen LogP contribution >= 0.6 is 11.8 Å². The second-order valence-corrected chi connectivity index (χ2v) is 8.66. The zero-order valence-electron chi connectivity index (χ0n) is 18.3. The lowest BCUT2D eigenvalue weighted by Crippen LogP contribution is -2.36. The van der Waals surface area contributed by atoms with Crippen molar-refractivity contribution in [1.29, 1.82) is 0 Å². The lowest BCUT2D eigenvalue weighted by Gasteiger charge is -2.29. The van der Waals surface area contributed by atoms with E-state index in [-0.39, 0.29) is 23.6 Å². The van der Waals surface area contributed by atoms with E-state index in [4.69, 9.17) is 0 Å². The van der Waals surface area contributed by atoms with Gasteiger partial charge in [-0.1, -0.05) is 48.2 Å². The summed E-state index contributed by atoms with van der Waals surface area (Å²) in [5, 5.41) is 12.3. The number of benzene rings is 2. The number of carbonyl (C=O) groups excluding carboxylic acids is 2. The van der Waals surface area contributed by atoms with Crippen molar-refractivity contribution in [3.63, 3.8) is 0 Å². The maximum atomic E-state index is 13.0. The summed E-state index contributed by atoms with van der Waals surface area (Å²) in [5.74, 6) is 0.878. The predicted molar refractivity (Wildman–Crippen MR) is 126 cm³/mol. The highest BCUT2D eigenvalue weighted by atomic mass is 32.2. The molecule has 0 saturated carbocycles. The maximum Gasteiger partial charge on any atom is 0.251 e. The van der Waals surface area contributed by atoms with E-state index in [0.717, 1.165) is 25.1 Å². The molecule has 4 rings (SSSR count). The van der Waals surface area contributed by atoms with Gasteiger partial charge in [0.05, 0.1) is 11.8 Å². The summed E-state index contributed by atoms with van der Waals surface area (Å²) < 4.78 is 1.96. The Balaban J connectivity index is 1.42. The second-order valence-electron chi connectivity index (χ2n) is 7.71. The highest BCUT2D eigenvalue weighted by Crippen LogP contribution is 2.28. The van der Waals surface area contributed by atoms with E-state index >= 15 is 0 Å². The monoisotopic (exact) mass is 449 g/mol. The van der Waals surface area contributed by atoms with Crippen molar-refractivity contribution in [2.45, 2.75) is 44.4 Å². The fourth-order valence-electron chi connectivity index (χ4n) is 3.96. The van der Waals surface area contributed by atoms with E-state index in [0.29, 0.717) is 23.1 Å². The molecule has 0 spiro atoms. The van der Waals surface area contributed by atoms with Gasteiger partial charge in [-0.2, -0.15) is 0 Å². The van der Waals surface area contributed by atoms with Crippen LogP contribution in [0.3, 0.4) is 0 Å². The molecule has 7 nitrogen and oxygen atoms in total. The average molecular weight is 450 g/mol. The van der Waals surface area contributed by atoms with E-state index in [1.165, 1.54) is 17.3 Å². The summed E-state index contributed by atoms with van der Waals surface area (Å²) in [5.41, 5.74) is 2.84. The van der Waals surface area contributed by atoms with Gasteiger partial charge in [0.2, 0.25) is 5.91 Å². The number of nitrogens with zero attached hydrogens (tertiary/aromatic N) is 4. The van der Waals surface area contributed by atoms with Crippen LogP contribution in [0.25, 0.3) is 0 Å². The SMILES string of the molecule is CCn1c(SCC(=O)N2CCCc3ccccc32)nnc1[C@H](C)NC(=O)c1ccccc1. The first-order valence-electron chi connectivity index (χ1n) is 10.9. The van der Waals surface area contributed by atoms with Crippen molar-refractivity contribution >= 4 is 29.3 Å². The Morgan fingerprint density at radius 2 is 1.84 bits per heavy atom. The molecule has 2 heterocycles. The Labute approximate surface area is 192 Å². The Bertz CT molecular complexity index is 1100. The molecule has 166 valence electrons. The minimum absolute atomic E-state index is 0.0692. The Kier molecular flexibility index (Phi) is 6.90. The molecule has 1 N–H and O–H groups in total. The highest BCUT2D eigenvalue weighted by molar-refractivity contribution is 7.99. The van der Waals surface area contributed by atoms with Gasteiger partial charge in [0.15, 0.2) is 11.0 Å². The van der Waals surface area contributed by atoms with Crippen molar-refractivity contribution in [1.82, 2.24) is 20.1 Å². The van der Waals surface area contributed by atoms with Gasteiger partial charge in [0.25, 0.3) is 5.91 Å². The van der Waals surface area contributed by atoms with E-state index in [2.05, 4.69) is 21.6 Å². The molecule has 1 aliphatic heterocycles. The summed E-state index contributed by atoms with van der Waals surface area (Å²) in [7, 11) is 0. The number of thioether (sulfide) groups is 1. The van der Waals surface area contributed by atoms with Crippen LogP contribution in [0.4, 0.5) is 5.69 Å². The average Bonchev–Trinajstić information content (AvgIpc) is 3.25. The number of aryl methyl sites for hydroxylation is 1. The second kappa shape index (κ2) is 9.99. The molecule has 2 amide bonds. The molecule has 0 radical (unpaired) electrons. The van der Waals surface area contributed by atoms with Crippen LogP contribution < -0.4 is 10.2 Å². The van der Waals surface area contributed by atoms with Crippen LogP contribution in [0.2, 0.25) is 0 Å². The van der Waals surface area contributed by atoms with Crippen LogP contribution in [0.15, 0.2) is 59.8 Å². The van der Waals surface area contributed by atoms with Gasteiger partial charge >= 0.3 is 0 Å². The minimum atomic E-state index is -0.311. The molecular formula is C24H27N5O2S. The van der Waals surface area contributed by atoms with E-state index in [1.54, 1.807) is 12.1 Å². The fourth-order valence-corrected chi connectivity index (χ4v) is 4.84. The first kappa shape index (κ1) is 22.1. The van der Waals surface area contributed by atoms with Crippen LogP contribution in [0.5, 0.6) is 0 Å². The zero-order valence-corrected chi connectivity index (χ0v) is 19.1. The number of hydrogen-bond acceptors (Lipinski definition) is 5. The molecule has 0 aliphatic carbocycles. The first-order valence-corrected chi connectivity index (χ1v) is 11.9. The number of nitrogens with one attached hydrogen (secondary N) is 1. The number of anilines is 1. The van der Waals surface area contributed by atoms with Gasteiger partial charge in [-0.25, -0.2) is 0 Å². The van der Waals surface area contributed by atoms with Gasteiger partial charge in [0.1, 0.15) is 0 Å². The molecule has 2 aromatic carbocycles. The quantitative estimate of drug-likeness (QED) is 0.554. The molecule has 1 aliphatic rings. The van der Waals surface area contributed by atoms with Gasteiger partial charge in [-0.05, 0) is 50.5 Å². The third kappa shape index (κ3) is 4.70. The zero-order chi connectivity index (χ0) is 22.5. The summed E-state index contributed by atoms with van der Waals surface area (Å²) in [6.07, 6.45) is 1.98. The third-order valence-corrected chi connectivity index (χ3v) is 6.52. The Hall–Kier alpha value is -3.13. The smallest absolute Gasteiger partial charge is 0.251 e. The molecule has 3 aromatic rings. The first-order chi connectivity index (χ1) is 15.6. The number of carbonyl (C=O) groups is 2. The number of rotatable bonds is 7. The van der Waals surface area contributed by atoms with Gasteiger partial charge in [-0.15, -0.1) is 10.2 Å². The topological polar surface area (TPSA) is 80.1 Å². The van der Waals surface area contributed by atoms with Crippen LogP contribution in [0.1, 0.15) is 48.1 Å². The molecular weight excluding hydrogens is 422 g/mol. The molecule has 0 bridgehead atoms. The predicted octanol–water partition coefficient (Wildman–Crippen LogP) is 3.86. The van der Waals surface area contributed by atoms with E-state index in [9.17, 15) is 9.59 Å². The largest absolute Gasteiger partial charge is 0.342 e. The Morgan fingerprint density at radius 1 is 1.09 bits per heavy atom. The standard InChI is InChI=1S/C24H27N5O2S/c1-3-28-22(17(2)25-23(31)19-11-5-4-6-12-19)26-27-24(28)32-16-21(30)29-15-9-13-18-10-7-8-14-20(18)29/h4-8,10-12,14,17H,3,9,13,15-16H2,1-2H3,(H,25,31)/t17-/m0/s1. The third-order valence-electron chi connectivity index (χ3n) is 5.57. The molecule has 8 heteroatoms. The van der Waals surface area contributed by atoms with E-state index < -0.39 is 0 Å².